The van der Waals surface area contributed by atoms with Crippen LogP contribution in [0.5, 0.6) is 0 Å². The molecule has 1 aromatic carbocycles. The molecule has 80 valence electrons. The standard InChI is InChI=1S/C13H17NO/c1-2-14-9-8-12(10-14)13(15)11-6-4-3-5-7-11/h3-7,12H,2,8-10H2,1H3/t12-/m0/s1. The van der Waals surface area contributed by atoms with E-state index in [0.29, 0.717) is 5.78 Å². The SMILES string of the molecule is CCN1CC[C@H](C(=O)c2ccccc2)C1. The summed E-state index contributed by atoms with van der Waals surface area (Å²) in [5.41, 5.74) is 0.862. The van der Waals surface area contributed by atoms with Crippen molar-refractivity contribution in [3.05, 3.63) is 35.9 Å². The van der Waals surface area contributed by atoms with Crippen molar-refractivity contribution in [2.45, 2.75) is 13.3 Å². The lowest BCUT2D eigenvalue weighted by Crippen LogP contribution is -2.22. The van der Waals surface area contributed by atoms with Crippen molar-refractivity contribution >= 4 is 5.78 Å². The van der Waals surface area contributed by atoms with Crippen LogP contribution in [0.1, 0.15) is 23.7 Å². The van der Waals surface area contributed by atoms with Gasteiger partial charge < -0.3 is 4.90 Å². The first-order chi connectivity index (χ1) is 7.31. The fourth-order valence-electron chi connectivity index (χ4n) is 2.17. The zero-order valence-corrected chi connectivity index (χ0v) is 9.15. The summed E-state index contributed by atoms with van der Waals surface area (Å²) >= 11 is 0. The largest absolute Gasteiger partial charge is 0.303 e. The van der Waals surface area contributed by atoms with E-state index in [9.17, 15) is 4.79 Å². The molecule has 1 saturated heterocycles. The molecule has 2 nitrogen and oxygen atoms in total. The number of hydrogen-bond donors (Lipinski definition) is 0. The van der Waals surface area contributed by atoms with E-state index >= 15 is 0 Å². The van der Waals surface area contributed by atoms with Crippen LogP contribution in [0.15, 0.2) is 30.3 Å². The van der Waals surface area contributed by atoms with E-state index in [0.717, 1.165) is 31.6 Å². The maximum atomic E-state index is 12.1. The van der Waals surface area contributed by atoms with E-state index in [1.807, 2.05) is 30.3 Å². The summed E-state index contributed by atoms with van der Waals surface area (Å²) in [6, 6.07) is 9.64. The number of ketones is 1. The van der Waals surface area contributed by atoms with Crippen LogP contribution >= 0.6 is 0 Å². The number of carbonyl (C=O) groups excluding carboxylic acids is 1. The molecule has 2 rings (SSSR count). The Labute approximate surface area is 90.9 Å². The summed E-state index contributed by atoms with van der Waals surface area (Å²) in [7, 11) is 0. The Hall–Kier alpha value is -1.15. The maximum absolute atomic E-state index is 12.1. The van der Waals surface area contributed by atoms with Crippen LogP contribution in [-0.2, 0) is 0 Å². The Bertz CT molecular complexity index is 334. The van der Waals surface area contributed by atoms with Crippen molar-refractivity contribution in [1.82, 2.24) is 4.90 Å². The average molecular weight is 203 g/mol. The smallest absolute Gasteiger partial charge is 0.167 e. The normalized spacial score (nSPS) is 21.8. The first kappa shape index (κ1) is 10.4. The molecule has 15 heavy (non-hydrogen) atoms. The van der Waals surface area contributed by atoms with Crippen molar-refractivity contribution < 1.29 is 4.79 Å². The third-order valence-electron chi connectivity index (χ3n) is 3.15. The van der Waals surface area contributed by atoms with Gasteiger partial charge in [0.15, 0.2) is 5.78 Å². The maximum Gasteiger partial charge on any atom is 0.167 e. The van der Waals surface area contributed by atoms with Crippen LogP contribution < -0.4 is 0 Å². The minimum atomic E-state index is 0.215. The van der Waals surface area contributed by atoms with Crippen LogP contribution in [-0.4, -0.2) is 30.3 Å². The van der Waals surface area contributed by atoms with Gasteiger partial charge >= 0.3 is 0 Å². The minimum absolute atomic E-state index is 0.215. The summed E-state index contributed by atoms with van der Waals surface area (Å²) in [5.74, 6) is 0.527. The van der Waals surface area contributed by atoms with Crippen LogP contribution in [0.2, 0.25) is 0 Å². The second kappa shape index (κ2) is 4.58. The zero-order chi connectivity index (χ0) is 10.7. The number of benzene rings is 1. The lowest BCUT2D eigenvalue weighted by atomic mass is 9.97. The highest BCUT2D eigenvalue weighted by Gasteiger charge is 2.27. The highest BCUT2D eigenvalue weighted by molar-refractivity contribution is 5.98. The second-order valence-corrected chi connectivity index (χ2v) is 4.11. The number of likely N-dealkylation sites (tertiary alicyclic amines) is 1. The van der Waals surface area contributed by atoms with Gasteiger partial charge in [-0.2, -0.15) is 0 Å². The molecule has 1 fully saturated rings. The van der Waals surface area contributed by atoms with Gasteiger partial charge in [-0.1, -0.05) is 37.3 Å². The Morgan fingerprint density at radius 2 is 2.13 bits per heavy atom. The number of rotatable bonds is 3. The highest BCUT2D eigenvalue weighted by Crippen LogP contribution is 2.20. The number of hydrogen-bond acceptors (Lipinski definition) is 2. The fraction of sp³-hybridized carbons (Fsp3) is 0.462. The quantitative estimate of drug-likeness (QED) is 0.702. The van der Waals surface area contributed by atoms with Crippen molar-refractivity contribution in [2.75, 3.05) is 19.6 Å². The third kappa shape index (κ3) is 2.26. The molecule has 1 aliphatic rings. The molecule has 1 aromatic rings. The van der Waals surface area contributed by atoms with E-state index in [1.54, 1.807) is 0 Å². The molecule has 0 aromatic heterocycles. The van der Waals surface area contributed by atoms with E-state index < -0.39 is 0 Å². The molecule has 0 spiro atoms. The van der Waals surface area contributed by atoms with Crippen molar-refractivity contribution in [2.24, 2.45) is 5.92 Å². The molecule has 2 heteroatoms. The summed E-state index contributed by atoms with van der Waals surface area (Å²) in [6.07, 6.45) is 1.02. The van der Waals surface area contributed by atoms with Crippen molar-refractivity contribution in [3.63, 3.8) is 0 Å². The van der Waals surface area contributed by atoms with Gasteiger partial charge in [0.2, 0.25) is 0 Å². The molecule has 1 aliphatic heterocycles. The Morgan fingerprint density at radius 3 is 2.73 bits per heavy atom. The lowest BCUT2D eigenvalue weighted by molar-refractivity contribution is 0.0923. The second-order valence-electron chi connectivity index (χ2n) is 4.11. The Balaban J connectivity index is 2.04. The Morgan fingerprint density at radius 1 is 1.40 bits per heavy atom. The Kier molecular flexibility index (Phi) is 3.17. The van der Waals surface area contributed by atoms with E-state index in [2.05, 4.69) is 11.8 Å². The van der Waals surface area contributed by atoms with Gasteiger partial charge in [-0.05, 0) is 19.5 Å². The first-order valence-corrected chi connectivity index (χ1v) is 5.63. The summed E-state index contributed by atoms with van der Waals surface area (Å²) in [5, 5.41) is 0. The van der Waals surface area contributed by atoms with Gasteiger partial charge in [-0.25, -0.2) is 0 Å². The lowest BCUT2D eigenvalue weighted by Gasteiger charge is -2.12. The van der Waals surface area contributed by atoms with E-state index in [4.69, 9.17) is 0 Å². The molecule has 1 atom stereocenters. The summed E-state index contributed by atoms with van der Waals surface area (Å²) in [4.78, 5) is 14.4. The number of carbonyl (C=O) groups is 1. The van der Waals surface area contributed by atoms with Gasteiger partial charge in [0, 0.05) is 18.0 Å². The van der Waals surface area contributed by atoms with Crippen molar-refractivity contribution in [1.29, 1.82) is 0 Å². The predicted octanol–water partition coefficient (Wildman–Crippen LogP) is 2.21. The van der Waals surface area contributed by atoms with Crippen molar-refractivity contribution in [3.8, 4) is 0 Å². The van der Waals surface area contributed by atoms with E-state index in [1.165, 1.54) is 0 Å². The first-order valence-electron chi connectivity index (χ1n) is 5.63. The monoisotopic (exact) mass is 203 g/mol. The van der Waals surface area contributed by atoms with Crippen LogP contribution in [0.3, 0.4) is 0 Å². The number of nitrogens with zero attached hydrogens (tertiary/aromatic N) is 1. The molecular formula is C13H17NO. The molecule has 0 aliphatic carbocycles. The molecule has 0 bridgehead atoms. The topological polar surface area (TPSA) is 20.3 Å². The average Bonchev–Trinajstić information content (AvgIpc) is 2.78. The third-order valence-corrected chi connectivity index (χ3v) is 3.15. The molecule has 0 saturated carbocycles. The van der Waals surface area contributed by atoms with Crippen LogP contribution in [0.4, 0.5) is 0 Å². The zero-order valence-electron chi connectivity index (χ0n) is 9.15. The molecule has 0 amide bonds. The highest BCUT2D eigenvalue weighted by atomic mass is 16.1. The van der Waals surface area contributed by atoms with Gasteiger partial charge in [0.05, 0.1) is 0 Å². The summed E-state index contributed by atoms with van der Waals surface area (Å²) in [6.45, 7) is 5.21. The molecule has 0 N–H and O–H groups in total. The van der Waals surface area contributed by atoms with E-state index in [-0.39, 0.29) is 5.92 Å². The molecule has 1 heterocycles. The summed E-state index contributed by atoms with van der Waals surface area (Å²) < 4.78 is 0. The predicted molar refractivity (Wildman–Crippen MR) is 61.0 cm³/mol. The molecule has 0 radical (unpaired) electrons. The molecule has 0 unspecified atom stereocenters. The minimum Gasteiger partial charge on any atom is -0.303 e. The van der Waals surface area contributed by atoms with Crippen LogP contribution in [0.25, 0.3) is 0 Å². The van der Waals surface area contributed by atoms with Gasteiger partial charge in [0.25, 0.3) is 0 Å². The van der Waals surface area contributed by atoms with Crippen LogP contribution in [0, 0.1) is 5.92 Å². The van der Waals surface area contributed by atoms with Gasteiger partial charge in [-0.15, -0.1) is 0 Å². The number of Topliss-reactive ketones (excluding diaryl/α,β-unsaturated/α-hetero) is 1. The molecular weight excluding hydrogens is 186 g/mol. The fourth-order valence-corrected chi connectivity index (χ4v) is 2.17. The van der Waals surface area contributed by atoms with Gasteiger partial charge in [-0.3, -0.25) is 4.79 Å². The van der Waals surface area contributed by atoms with Gasteiger partial charge in [0.1, 0.15) is 0 Å².